The zero-order valence-electron chi connectivity index (χ0n) is 11.0. The smallest absolute Gasteiger partial charge is 0.112 e. The van der Waals surface area contributed by atoms with Gasteiger partial charge in [-0.15, -0.1) is 0 Å². The Hall–Kier alpha value is -1.35. The van der Waals surface area contributed by atoms with E-state index in [9.17, 15) is 5.11 Å². The third-order valence-corrected chi connectivity index (χ3v) is 3.23. The molecule has 92 valence electrons. The standard InChI is InChI=1S/C14H20N2O/c1-9(2)14-15-12-7-10(3)11(4)8-13(12)16(14)5-6-17/h7-9,17H,5-6H2,1-4H3. The molecule has 0 amide bonds. The number of benzene rings is 1. The van der Waals surface area contributed by atoms with Crippen LogP contribution in [0.4, 0.5) is 0 Å². The number of imidazole rings is 1. The van der Waals surface area contributed by atoms with Gasteiger partial charge in [0.25, 0.3) is 0 Å². The predicted octanol–water partition coefficient (Wildman–Crippen LogP) is 2.77. The fraction of sp³-hybridized carbons (Fsp3) is 0.500. The lowest BCUT2D eigenvalue weighted by atomic mass is 10.1. The summed E-state index contributed by atoms with van der Waals surface area (Å²) in [5, 5.41) is 9.18. The molecule has 0 spiro atoms. The average Bonchev–Trinajstić information content (AvgIpc) is 2.59. The summed E-state index contributed by atoms with van der Waals surface area (Å²) < 4.78 is 2.13. The molecular weight excluding hydrogens is 212 g/mol. The molecule has 1 aromatic heterocycles. The normalized spacial score (nSPS) is 11.6. The number of aryl methyl sites for hydroxylation is 2. The lowest BCUT2D eigenvalue weighted by molar-refractivity contribution is 0.275. The molecule has 17 heavy (non-hydrogen) atoms. The van der Waals surface area contributed by atoms with E-state index in [1.807, 2.05) is 0 Å². The van der Waals surface area contributed by atoms with Crippen molar-refractivity contribution >= 4 is 11.0 Å². The van der Waals surface area contributed by atoms with Crippen molar-refractivity contribution in [3.8, 4) is 0 Å². The van der Waals surface area contributed by atoms with E-state index in [4.69, 9.17) is 0 Å². The van der Waals surface area contributed by atoms with Crippen molar-refractivity contribution in [3.05, 3.63) is 29.1 Å². The van der Waals surface area contributed by atoms with Gasteiger partial charge >= 0.3 is 0 Å². The van der Waals surface area contributed by atoms with Gasteiger partial charge in [-0.25, -0.2) is 4.98 Å². The van der Waals surface area contributed by atoms with E-state index in [2.05, 4.69) is 49.4 Å². The van der Waals surface area contributed by atoms with E-state index in [0.29, 0.717) is 12.5 Å². The van der Waals surface area contributed by atoms with Crippen molar-refractivity contribution in [2.45, 2.75) is 40.2 Å². The second-order valence-electron chi connectivity index (χ2n) is 4.93. The van der Waals surface area contributed by atoms with Gasteiger partial charge in [0, 0.05) is 12.5 Å². The van der Waals surface area contributed by atoms with Crippen LogP contribution in [0.2, 0.25) is 0 Å². The Bertz CT molecular complexity index is 541. The summed E-state index contributed by atoms with van der Waals surface area (Å²) in [7, 11) is 0. The first kappa shape index (κ1) is 12.1. The fourth-order valence-corrected chi connectivity index (χ4v) is 2.17. The minimum absolute atomic E-state index is 0.151. The van der Waals surface area contributed by atoms with Gasteiger partial charge in [-0.05, 0) is 37.1 Å². The molecule has 0 saturated carbocycles. The minimum Gasteiger partial charge on any atom is -0.395 e. The molecule has 0 unspecified atom stereocenters. The number of nitrogens with zero attached hydrogens (tertiary/aromatic N) is 2. The van der Waals surface area contributed by atoms with Crippen LogP contribution in [0, 0.1) is 13.8 Å². The maximum absolute atomic E-state index is 9.18. The molecule has 0 aliphatic carbocycles. The molecule has 2 rings (SSSR count). The lowest BCUT2D eigenvalue weighted by Gasteiger charge is -2.10. The molecule has 0 saturated heterocycles. The Morgan fingerprint density at radius 2 is 1.88 bits per heavy atom. The van der Waals surface area contributed by atoms with Gasteiger partial charge in [-0.1, -0.05) is 13.8 Å². The number of rotatable bonds is 3. The highest BCUT2D eigenvalue weighted by atomic mass is 16.3. The van der Waals surface area contributed by atoms with E-state index < -0.39 is 0 Å². The summed E-state index contributed by atoms with van der Waals surface area (Å²) in [5.41, 5.74) is 4.70. The highest BCUT2D eigenvalue weighted by Crippen LogP contribution is 2.24. The van der Waals surface area contributed by atoms with Crippen LogP contribution < -0.4 is 0 Å². The number of aliphatic hydroxyl groups excluding tert-OH is 1. The minimum atomic E-state index is 0.151. The van der Waals surface area contributed by atoms with E-state index in [1.165, 1.54) is 11.1 Å². The number of fused-ring (bicyclic) bond motifs is 1. The van der Waals surface area contributed by atoms with Crippen molar-refractivity contribution in [1.29, 1.82) is 0 Å². The molecule has 1 aromatic carbocycles. The third-order valence-electron chi connectivity index (χ3n) is 3.23. The first-order valence-corrected chi connectivity index (χ1v) is 6.12. The summed E-state index contributed by atoms with van der Waals surface area (Å²) >= 11 is 0. The van der Waals surface area contributed by atoms with Gasteiger partial charge in [0.05, 0.1) is 17.6 Å². The van der Waals surface area contributed by atoms with Crippen LogP contribution in [0.5, 0.6) is 0 Å². The Morgan fingerprint density at radius 1 is 1.24 bits per heavy atom. The lowest BCUT2D eigenvalue weighted by Crippen LogP contribution is -2.08. The van der Waals surface area contributed by atoms with Crippen LogP contribution in [-0.2, 0) is 6.54 Å². The molecule has 0 aliphatic heterocycles. The molecule has 1 heterocycles. The summed E-state index contributed by atoms with van der Waals surface area (Å²) in [6.45, 7) is 9.25. The first-order valence-electron chi connectivity index (χ1n) is 6.12. The highest BCUT2D eigenvalue weighted by molar-refractivity contribution is 5.78. The molecule has 3 nitrogen and oxygen atoms in total. The maximum atomic E-state index is 9.18. The molecule has 0 radical (unpaired) electrons. The van der Waals surface area contributed by atoms with Crippen molar-refractivity contribution in [2.24, 2.45) is 0 Å². The number of hydrogen-bond acceptors (Lipinski definition) is 2. The second kappa shape index (κ2) is 4.49. The fourth-order valence-electron chi connectivity index (χ4n) is 2.17. The molecule has 2 aromatic rings. The van der Waals surface area contributed by atoms with Crippen LogP contribution in [0.25, 0.3) is 11.0 Å². The van der Waals surface area contributed by atoms with Crippen LogP contribution in [0.1, 0.15) is 36.7 Å². The molecule has 0 fully saturated rings. The zero-order chi connectivity index (χ0) is 12.6. The summed E-state index contributed by atoms with van der Waals surface area (Å²) in [4.78, 5) is 4.68. The number of aromatic nitrogens is 2. The molecule has 0 bridgehead atoms. The third kappa shape index (κ3) is 2.07. The topological polar surface area (TPSA) is 38.0 Å². The van der Waals surface area contributed by atoms with Crippen molar-refractivity contribution in [3.63, 3.8) is 0 Å². The van der Waals surface area contributed by atoms with Gasteiger partial charge in [0.2, 0.25) is 0 Å². The monoisotopic (exact) mass is 232 g/mol. The molecule has 0 atom stereocenters. The van der Waals surface area contributed by atoms with Crippen molar-refractivity contribution in [2.75, 3.05) is 6.61 Å². The van der Waals surface area contributed by atoms with E-state index >= 15 is 0 Å². The van der Waals surface area contributed by atoms with Crippen LogP contribution in [0.15, 0.2) is 12.1 Å². The molecule has 1 N–H and O–H groups in total. The quantitative estimate of drug-likeness (QED) is 0.883. The van der Waals surface area contributed by atoms with E-state index in [1.54, 1.807) is 0 Å². The Kier molecular flexibility index (Phi) is 3.20. The van der Waals surface area contributed by atoms with Gasteiger partial charge in [-0.3, -0.25) is 0 Å². The van der Waals surface area contributed by atoms with Gasteiger partial charge in [0.1, 0.15) is 5.82 Å². The summed E-state index contributed by atoms with van der Waals surface area (Å²) in [5.74, 6) is 1.42. The average molecular weight is 232 g/mol. The van der Waals surface area contributed by atoms with Crippen LogP contribution in [0.3, 0.4) is 0 Å². The van der Waals surface area contributed by atoms with Crippen LogP contribution in [-0.4, -0.2) is 21.3 Å². The Balaban J connectivity index is 2.71. The first-order chi connectivity index (χ1) is 8.04. The van der Waals surface area contributed by atoms with Gasteiger partial charge in [-0.2, -0.15) is 0 Å². The number of hydrogen-bond donors (Lipinski definition) is 1. The van der Waals surface area contributed by atoms with Crippen LogP contribution >= 0.6 is 0 Å². The van der Waals surface area contributed by atoms with Gasteiger partial charge in [0.15, 0.2) is 0 Å². The molecule has 3 heteroatoms. The largest absolute Gasteiger partial charge is 0.395 e. The molecular formula is C14H20N2O. The zero-order valence-corrected chi connectivity index (χ0v) is 11.0. The molecule has 0 aliphatic rings. The maximum Gasteiger partial charge on any atom is 0.112 e. The Morgan fingerprint density at radius 3 is 2.47 bits per heavy atom. The van der Waals surface area contributed by atoms with Gasteiger partial charge < -0.3 is 9.67 Å². The second-order valence-corrected chi connectivity index (χ2v) is 4.93. The number of aliphatic hydroxyl groups is 1. The summed E-state index contributed by atoms with van der Waals surface area (Å²) in [6.07, 6.45) is 0. The SMILES string of the molecule is Cc1cc2nc(C(C)C)n(CCO)c2cc1C. The predicted molar refractivity (Wildman–Crippen MR) is 70.4 cm³/mol. The van der Waals surface area contributed by atoms with Crippen molar-refractivity contribution in [1.82, 2.24) is 9.55 Å². The van der Waals surface area contributed by atoms with Crippen molar-refractivity contribution < 1.29 is 5.11 Å². The van der Waals surface area contributed by atoms with E-state index in [-0.39, 0.29) is 6.61 Å². The summed E-state index contributed by atoms with van der Waals surface area (Å²) in [6, 6.07) is 4.30. The highest BCUT2D eigenvalue weighted by Gasteiger charge is 2.13. The Labute approximate surface area is 102 Å². The van der Waals surface area contributed by atoms with E-state index in [0.717, 1.165) is 16.9 Å².